The number of aromatic nitrogens is 3. The van der Waals surface area contributed by atoms with E-state index in [1.807, 2.05) is 0 Å². The molecule has 1 fully saturated rings. The molecule has 0 unspecified atom stereocenters. The third-order valence-corrected chi connectivity index (χ3v) is 16.8. The molecule has 0 spiro atoms. The molecule has 0 aliphatic carbocycles. The van der Waals surface area contributed by atoms with E-state index in [9.17, 15) is 4.39 Å². The predicted octanol–water partition coefficient (Wildman–Crippen LogP) is 5.85. The topological polar surface area (TPSA) is 84.4 Å². The van der Waals surface area contributed by atoms with Crippen LogP contribution >= 0.6 is 0 Å². The second-order valence-corrected chi connectivity index (χ2v) is 21.8. The Morgan fingerprint density at radius 3 is 2.27 bits per heavy atom. The Morgan fingerprint density at radius 2 is 1.70 bits per heavy atom. The molecule has 33 heavy (non-hydrogen) atoms. The van der Waals surface area contributed by atoms with Gasteiger partial charge >= 0.3 is 0 Å². The normalized spacial score (nSPS) is 22.9. The molecule has 1 aliphatic heterocycles. The minimum absolute atomic E-state index is 0.0594. The summed E-state index contributed by atoms with van der Waals surface area (Å²) in [5, 5.41) is 0.378. The molecule has 3 rings (SSSR count). The Labute approximate surface area is 199 Å². The Bertz CT molecular complexity index is 998. The Kier molecular flexibility index (Phi) is 6.93. The van der Waals surface area contributed by atoms with Crippen molar-refractivity contribution in [3.8, 4) is 0 Å². The first-order valence-corrected chi connectivity index (χ1v) is 17.5. The van der Waals surface area contributed by atoms with Gasteiger partial charge in [0, 0.05) is 12.6 Å². The van der Waals surface area contributed by atoms with Crippen LogP contribution in [-0.2, 0) is 13.6 Å². The Morgan fingerprint density at radius 1 is 1.09 bits per heavy atom. The predicted molar refractivity (Wildman–Crippen MR) is 136 cm³/mol. The SMILES string of the molecule is CC(C)(C)[Si](C)(C)OC[C@H]1O[C@@H](n2cc(F)c3c(N)ncnc32)C[C@@H]1O[Si](C)(C)C(C)(C)C. The summed E-state index contributed by atoms with van der Waals surface area (Å²) in [5.74, 6) is -0.323. The van der Waals surface area contributed by atoms with Crippen LogP contribution < -0.4 is 5.73 Å². The Balaban J connectivity index is 1.91. The molecular weight excluding hydrogens is 455 g/mol. The summed E-state index contributed by atoms with van der Waals surface area (Å²) in [5.41, 5.74) is 6.34. The van der Waals surface area contributed by atoms with E-state index in [2.05, 4.69) is 77.7 Å². The van der Waals surface area contributed by atoms with Gasteiger partial charge < -0.3 is 23.9 Å². The van der Waals surface area contributed by atoms with Gasteiger partial charge in [0.15, 0.2) is 28.1 Å². The van der Waals surface area contributed by atoms with Gasteiger partial charge in [0.25, 0.3) is 0 Å². The minimum Gasteiger partial charge on any atom is -0.414 e. The van der Waals surface area contributed by atoms with E-state index in [1.165, 1.54) is 12.5 Å². The van der Waals surface area contributed by atoms with Crippen molar-refractivity contribution in [1.29, 1.82) is 0 Å². The molecule has 0 amide bonds. The highest BCUT2D eigenvalue weighted by atomic mass is 28.4. The molecule has 186 valence electrons. The molecule has 3 atom stereocenters. The van der Waals surface area contributed by atoms with Crippen LogP contribution in [-0.4, -0.2) is 50.0 Å². The van der Waals surface area contributed by atoms with Gasteiger partial charge in [-0.1, -0.05) is 41.5 Å². The fourth-order valence-corrected chi connectivity index (χ4v) is 5.86. The van der Waals surface area contributed by atoms with Crippen molar-refractivity contribution in [3.05, 3.63) is 18.3 Å². The maximum Gasteiger partial charge on any atom is 0.192 e. The first kappa shape index (κ1) is 26.3. The number of hydrogen-bond donors (Lipinski definition) is 1. The van der Waals surface area contributed by atoms with Crippen LogP contribution in [0.2, 0.25) is 36.3 Å². The zero-order valence-corrected chi connectivity index (χ0v) is 23.8. The molecule has 7 nitrogen and oxygen atoms in total. The lowest BCUT2D eigenvalue weighted by Crippen LogP contribution is -2.48. The van der Waals surface area contributed by atoms with Gasteiger partial charge in [-0.3, -0.25) is 0 Å². The molecular formula is C23H41FN4O3Si2. The van der Waals surface area contributed by atoms with Crippen LogP contribution in [0.4, 0.5) is 10.2 Å². The summed E-state index contributed by atoms with van der Waals surface area (Å²) < 4.78 is 36.2. The summed E-state index contributed by atoms with van der Waals surface area (Å²) in [6.07, 6.45) is 2.52. The van der Waals surface area contributed by atoms with Crippen molar-refractivity contribution < 1.29 is 18.0 Å². The van der Waals surface area contributed by atoms with Crippen molar-refractivity contribution in [2.45, 2.75) is 103 Å². The van der Waals surface area contributed by atoms with Crippen LogP contribution in [0.1, 0.15) is 54.2 Å². The summed E-state index contributed by atoms with van der Waals surface area (Å²) in [6.45, 7) is 22.7. The summed E-state index contributed by atoms with van der Waals surface area (Å²) in [7, 11) is -4.04. The van der Waals surface area contributed by atoms with Gasteiger partial charge in [0.2, 0.25) is 0 Å². The maximum absolute atomic E-state index is 14.7. The van der Waals surface area contributed by atoms with Gasteiger partial charge in [-0.2, -0.15) is 0 Å². The summed E-state index contributed by atoms with van der Waals surface area (Å²) in [6, 6.07) is 0. The van der Waals surface area contributed by atoms with Crippen molar-refractivity contribution in [2.75, 3.05) is 12.3 Å². The second-order valence-electron chi connectivity index (χ2n) is 12.2. The highest BCUT2D eigenvalue weighted by Crippen LogP contribution is 2.43. The van der Waals surface area contributed by atoms with Crippen LogP contribution in [0.25, 0.3) is 11.0 Å². The molecule has 2 aromatic heterocycles. The third kappa shape index (κ3) is 5.19. The van der Waals surface area contributed by atoms with Gasteiger partial charge in [-0.05, 0) is 36.3 Å². The van der Waals surface area contributed by atoms with Crippen LogP contribution in [0.15, 0.2) is 12.5 Å². The quantitative estimate of drug-likeness (QED) is 0.505. The average molecular weight is 497 g/mol. The zero-order chi connectivity index (χ0) is 25.0. The van der Waals surface area contributed by atoms with Crippen LogP contribution in [0.5, 0.6) is 0 Å². The average Bonchev–Trinajstić information content (AvgIpc) is 3.19. The van der Waals surface area contributed by atoms with Gasteiger partial charge in [-0.25, -0.2) is 14.4 Å². The number of anilines is 1. The molecule has 10 heteroatoms. The molecule has 0 bridgehead atoms. The van der Waals surface area contributed by atoms with Gasteiger partial charge in [0.05, 0.1) is 18.1 Å². The monoisotopic (exact) mass is 496 g/mol. The number of rotatable bonds is 6. The Hall–Kier alpha value is -1.34. The number of nitrogens with two attached hydrogens (primary N) is 1. The van der Waals surface area contributed by atoms with Crippen molar-refractivity contribution >= 4 is 33.5 Å². The first-order chi connectivity index (χ1) is 14.9. The number of fused-ring (bicyclic) bond motifs is 1. The molecule has 1 saturated heterocycles. The van der Waals surface area contributed by atoms with E-state index in [1.54, 1.807) is 4.57 Å². The number of halogens is 1. The highest BCUT2D eigenvalue weighted by Gasteiger charge is 2.47. The molecule has 2 aromatic rings. The van der Waals surface area contributed by atoms with E-state index in [0.717, 1.165) is 0 Å². The number of nitrogen functional groups attached to an aromatic ring is 1. The second kappa shape index (κ2) is 8.71. The summed E-state index contributed by atoms with van der Waals surface area (Å²) >= 11 is 0. The lowest BCUT2D eigenvalue weighted by atomic mass is 10.2. The number of nitrogens with zero attached hydrogens (tertiary/aromatic N) is 3. The van der Waals surface area contributed by atoms with Crippen molar-refractivity contribution in [1.82, 2.24) is 14.5 Å². The standard InChI is InChI=1S/C23H41FN4O3Si2/c1-22(2,3)32(7,8)29-13-17-16(31-33(9,10)23(4,5)6)11-18(30-17)28-12-15(24)19-20(25)26-14-27-21(19)28/h12,14,16-18H,11,13H2,1-10H3,(H2,25,26,27)/t16-,17+,18+/m0/s1. The van der Waals surface area contributed by atoms with Crippen LogP contribution in [0.3, 0.4) is 0 Å². The molecule has 0 radical (unpaired) electrons. The smallest absolute Gasteiger partial charge is 0.192 e. The van der Waals surface area contributed by atoms with Gasteiger partial charge in [0.1, 0.15) is 24.5 Å². The van der Waals surface area contributed by atoms with Crippen molar-refractivity contribution in [3.63, 3.8) is 0 Å². The van der Waals surface area contributed by atoms with E-state index in [4.69, 9.17) is 19.3 Å². The van der Waals surface area contributed by atoms with Gasteiger partial charge in [-0.15, -0.1) is 0 Å². The molecule has 1 aliphatic rings. The van der Waals surface area contributed by atoms with E-state index >= 15 is 0 Å². The zero-order valence-electron chi connectivity index (χ0n) is 21.8. The first-order valence-electron chi connectivity index (χ1n) is 11.7. The molecule has 2 N–H and O–H groups in total. The molecule has 0 aromatic carbocycles. The fourth-order valence-electron chi connectivity index (χ4n) is 3.49. The van der Waals surface area contributed by atoms with E-state index in [-0.39, 0.29) is 33.5 Å². The van der Waals surface area contributed by atoms with E-state index < -0.39 is 28.7 Å². The molecule has 3 heterocycles. The highest BCUT2D eigenvalue weighted by molar-refractivity contribution is 6.74. The number of ether oxygens (including phenoxy) is 1. The fraction of sp³-hybridized carbons (Fsp3) is 0.739. The number of hydrogen-bond acceptors (Lipinski definition) is 6. The lowest BCUT2D eigenvalue weighted by molar-refractivity contribution is -0.0383. The third-order valence-electron chi connectivity index (χ3n) is 7.75. The summed E-state index contributed by atoms with van der Waals surface area (Å²) in [4.78, 5) is 8.22. The van der Waals surface area contributed by atoms with E-state index in [0.29, 0.717) is 18.7 Å². The maximum atomic E-state index is 14.7. The largest absolute Gasteiger partial charge is 0.414 e. The molecule has 0 saturated carbocycles. The van der Waals surface area contributed by atoms with Crippen molar-refractivity contribution in [2.24, 2.45) is 0 Å². The lowest BCUT2D eigenvalue weighted by Gasteiger charge is -2.40. The van der Waals surface area contributed by atoms with Crippen LogP contribution in [0, 0.1) is 5.82 Å². The minimum atomic E-state index is -2.06.